The van der Waals surface area contributed by atoms with Gasteiger partial charge in [-0.05, 0) is 62.2 Å². The molecule has 1 saturated heterocycles. The second-order valence-corrected chi connectivity index (χ2v) is 8.75. The summed E-state index contributed by atoms with van der Waals surface area (Å²) in [6.45, 7) is 3.23. The average molecular weight is 448 g/mol. The van der Waals surface area contributed by atoms with Crippen LogP contribution in [0, 0.1) is 0 Å². The van der Waals surface area contributed by atoms with Gasteiger partial charge in [0.25, 0.3) is 11.8 Å². The minimum absolute atomic E-state index is 0.0746. The summed E-state index contributed by atoms with van der Waals surface area (Å²) < 4.78 is 37.8. The largest absolute Gasteiger partial charge is 0.495 e. The molecule has 0 aliphatic carbocycles. The van der Waals surface area contributed by atoms with Crippen LogP contribution in [-0.4, -0.2) is 51.3 Å². The van der Waals surface area contributed by atoms with E-state index in [1.165, 1.54) is 29.6 Å². The van der Waals surface area contributed by atoms with E-state index in [0.717, 1.165) is 12.8 Å². The number of rotatable bonds is 7. The quantitative estimate of drug-likeness (QED) is 0.627. The molecule has 3 rings (SSSR count). The van der Waals surface area contributed by atoms with Crippen LogP contribution in [0.25, 0.3) is 0 Å². The van der Waals surface area contributed by atoms with Crippen LogP contribution in [0.5, 0.6) is 11.5 Å². The van der Waals surface area contributed by atoms with Gasteiger partial charge in [0.05, 0.1) is 13.7 Å². The van der Waals surface area contributed by atoms with Crippen LogP contribution in [-0.2, 0) is 10.0 Å². The first kappa shape index (κ1) is 22.6. The van der Waals surface area contributed by atoms with Crippen molar-refractivity contribution in [2.45, 2.75) is 24.7 Å². The average Bonchev–Trinajstić information content (AvgIpc) is 3.33. The molecule has 0 bridgehead atoms. The Morgan fingerprint density at radius 3 is 2.13 bits per heavy atom. The summed E-state index contributed by atoms with van der Waals surface area (Å²) in [6, 6.07) is 10.6. The molecule has 31 heavy (non-hydrogen) atoms. The Labute approximate surface area is 181 Å². The zero-order valence-corrected chi connectivity index (χ0v) is 18.2. The summed E-state index contributed by atoms with van der Waals surface area (Å²) in [6.07, 6.45) is 1.58. The van der Waals surface area contributed by atoms with Crippen LogP contribution in [0.4, 0.5) is 0 Å². The number of carbonyl (C=O) groups is 2. The Balaban J connectivity index is 1.72. The summed E-state index contributed by atoms with van der Waals surface area (Å²) in [7, 11) is -2.42. The fourth-order valence-corrected chi connectivity index (χ4v) is 4.91. The van der Waals surface area contributed by atoms with Crippen LogP contribution in [0.15, 0.2) is 47.4 Å². The van der Waals surface area contributed by atoms with Gasteiger partial charge >= 0.3 is 0 Å². The molecule has 0 atom stereocenters. The number of nitrogens with zero attached hydrogens (tertiary/aromatic N) is 1. The molecule has 166 valence electrons. The monoisotopic (exact) mass is 447 g/mol. The number of carbonyl (C=O) groups excluding carboxylic acids is 2. The molecular weight excluding hydrogens is 422 g/mol. The summed E-state index contributed by atoms with van der Waals surface area (Å²) in [5.41, 5.74) is 5.03. The third-order valence-electron chi connectivity index (χ3n) is 4.83. The fourth-order valence-electron chi connectivity index (χ4n) is 3.21. The minimum Gasteiger partial charge on any atom is -0.495 e. The number of hydrogen-bond acceptors (Lipinski definition) is 6. The number of methoxy groups -OCH3 is 1. The third-order valence-corrected chi connectivity index (χ3v) is 6.75. The lowest BCUT2D eigenvalue weighted by Gasteiger charge is -2.18. The van der Waals surface area contributed by atoms with Crippen molar-refractivity contribution in [3.8, 4) is 11.5 Å². The lowest BCUT2D eigenvalue weighted by molar-refractivity contribution is 0.0846. The van der Waals surface area contributed by atoms with E-state index in [1.54, 1.807) is 24.3 Å². The molecule has 2 N–H and O–H groups in total. The van der Waals surface area contributed by atoms with E-state index in [0.29, 0.717) is 31.0 Å². The highest BCUT2D eigenvalue weighted by Crippen LogP contribution is 2.29. The number of nitrogens with one attached hydrogen (secondary N) is 2. The zero-order valence-electron chi connectivity index (χ0n) is 17.4. The van der Waals surface area contributed by atoms with Gasteiger partial charge in [-0.25, -0.2) is 8.42 Å². The zero-order chi connectivity index (χ0) is 22.4. The molecule has 1 heterocycles. The van der Waals surface area contributed by atoms with Crippen molar-refractivity contribution in [2.75, 3.05) is 26.8 Å². The maximum Gasteiger partial charge on any atom is 0.269 e. The molecule has 0 radical (unpaired) electrons. The Bertz CT molecular complexity index is 1050. The van der Waals surface area contributed by atoms with Crippen molar-refractivity contribution < 1.29 is 27.5 Å². The number of hydrazine groups is 1. The van der Waals surface area contributed by atoms with Crippen molar-refractivity contribution in [1.82, 2.24) is 15.2 Å². The molecule has 0 spiro atoms. The Hall–Kier alpha value is -3.11. The second kappa shape index (κ2) is 9.80. The van der Waals surface area contributed by atoms with E-state index in [4.69, 9.17) is 9.47 Å². The van der Waals surface area contributed by atoms with Gasteiger partial charge in [0.2, 0.25) is 10.0 Å². The fraction of sp³-hybridized carbons (Fsp3) is 0.333. The van der Waals surface area contributed by atoms with Crippen molar-refractivity contribution in [3.63, 3.8) is 0 Å². The molecule has 0 saturated carbocycles. The number of benzene rings is 2. The molecule has 2 amide bonds. The maximum absolute atomic E-state index is 12.9. The van der Waals surface area contributed by atoms with Crippen LogP contribution in [0.3, 0.4) is 0 Å². The highest BCUT2D eigenvalue weighted by atomic mass is 32.2. The van der Waals surface area contributed by atoms with Crippen molar-refractivity contribution in [1.29, 1.82) is 0 Å². The smallest absolute Gasteiger partial charge is 0.269 e. The summed E-state index contributed by atoms with van der Waals surface area (Å²) >= 11 is 0. The number of sulfonamides is 1. The van der Waals surface area contributed by atoms with Crippen LogP contribution >= 0.6 is 0 Å². The maximum atomic E-state index is 12.9. The molecule has 1 aliphatic heterocycles. The van der Waals surface area contributed by atoms with Crippen molar-refractivity contribution >= 4 is 21.8 Å². The lowest BCUT2D eigenvalue weighted by atomic mass is 10.2. The first-order chi connectivity index (χ1) is 14.9. The van der Waals surface area contributed by atoms with Gasteiger partial charge in [0, 0.05) is 24.2 Å². The Morgan fingerprint density at radius 2 is 1.55 bits per heavy atom. The van der Waals surface area contributed by atoms with Gasteiger partial charge in [0.15, 0.2) is 0 Å². The standard InChI is InChI=1S/C21H25N3O6S/c1-3-30-17-9-6-15(7-10-17)20(25)22-23-21(26)16-8-11-18(29-2)19(14-16)31(27,28)24-12-4-5-13-24/h6-11,14H,3-5,12-13H2,1-2H3,(H,22,25)(H,23,26). The van der Waals surface area contributed by atoms with Crippen molar-refractivity contribution in [2.24, 2.45) is 0 Å². The topological polar surface area (TPSA) is 114 Å². The SMILES string of the molecule is CCOc1ccc(C(=O)NNC(=O)c2ccc(OC)c(S(=O)(=O)N3CCCC3)c2)cc1. The lowest BCUT2D eigenvalue weighted by Crippen LogP contribution is -2.41. The highest BCUT2D eigenvalue weighted by Gasteiger charge is 2.30. The van der Waals surface area contributed by atoms with E-state index >= 15 is 0 Å². The van der Waals surface area contributed by atoms with E-state index < -0.39 is 21.8 Å². The van der Waals surface area contributed by atoms with E-state index in [-0.39, 0.29) is 16.2 Å². The van der Waals surface area contributed by atoms with Gasteiger partial charge in [-0.15, -0.1) is 0 Å². The Morgan fingerprint density at radius 1 is 0.968 bits per heavy atom. The second-order valence-electron chi connectivity index (χ2n) is 6.84. The first-order valence-corrected chi connectivity index (χ1v) is 11.3. The number of amides is 2. The van der Waals surface area contributed by atoms with Crippen molar-refractivity contribution in [3.05, 3.63) is 53.6 Å². The molecule has 9 nitrogen and oxygen atoms in total. The molecule has 0 aromatic heterocycles. The minimum atomic E-state index is -3.79. The van der Waals surface area contributed by atoms with E-state index in [2.05, 4.69) is 10.9 Å². The van der Waals surface area contributed by atoms with Gasteiger partial charge < -0.3 is 9.47 Å². The summed E-state index contributed by atoms with van der Waals surface area (Å²) in [5.74, 6) is -0.385. The first-order valence-electron chi connectivity index (χ1n) is 9.88. The van der Waals surface area contributed by atoms with Crippen LogP contribution in [0.2, 0.25) is 0 Å². The molecule has 1 aliphatic rings. The Kier molecular flexibility index (Phi) is 7.13. The predicted octanol–water partition coefficient (Wildman–Crippen LogP) is 1.95. The molecule has 0 unspecified atom stereocenters. The third kappa shape index (κ3) is 5.15. The molecule has 1 fully saturated rings. The summed E-state index contributed by atoms with van der Waals surface area (Å²) in [5, 5.41) is 0. The molecule has 2 aromatic carbocycles. The van der Waals surface area contributed by atoms with Crippen LogP contribution < -0.4 is 20.3 Å². The number of ether oxygens (including phenoxy) is 2. The molecular formula is C21H25N3O6S. The van der Waals surface area contributed by atoms with E-state index in [1.807, 2.05) is 6.92 Å². The van der Waals surface area contributed by atoms with Gasteiger partial charge in [-0.1, -0.05) is 0 Å². The van der Waals surface area contributed by atoms with E-state index in [9.17, 15) is 18.0 Å². The van der Waals surface area contributed by atoms with Gasteiger partial charge in [-0.2, -0.15) is 4.31 Å². The number of hydrogen-bond donors (Lipinski definition) is 2. The molecule has 10 heteroatoms. The van der Waals surface area contributed by atoms with Gasteiger partial charge in [0.1, 0.15) is 16.4 Å². The normalized spacial score (nSPS) is 14.1. The summed E-state index contributed by atoms with van der Waals surface area (Å²) in [4.78, 5) is 24.7. The highest BCUT2D eigenvalue weighted by molar-refractivity contribution is 7.89. The van der Waals surface area contributed by atoms with Crippen LogP contribution in [0.1, 0.15) is 40.5 Å². The predicted molar refractivity (Wildman–Crippen MR) is 114 cm³/mol. The van der Waals surface area contributed by atoms with Gasteiger partial charge in [-0.3, -0.25) is 20.4 Å². The molecule has 2 aromatic rings.